The van der Waals surface area contributed by atoms with Crippen LogP contribution in [0, 0.1) is 0 Å². The first-order valence-electron chi connectivity index (χ1n) is 6.50. The highest BCUT2D eigenvalue weighted by Crippen LogP contribution is 2.25. The number of carboxylic acid groups (broad SMARTS) is 1. The topological polar surface area (TPSA) is 78.8 Å². The van der Waals surface area contributed by atoms with Gasteiger partial charge in [-0.2, -0.15) is 0 Å². The number of aliphatic hydroxyl groups excluding tert-OH is 1. The molecule has 0 aliphatic carbocycles. The van der Waals surface area contributed by atoms with Crippen molar-refractivity contribution in [3.05, 3.63) is 29.3 Å². The summed E-state index contributed by atoms with van der Waals surface area (Å²) in [6.07, 6.45) is 0.774. The molecular formula is C14H19NO4. The van der Waals surface area contributed by atoms with Gasteiger partial charge in [-0.3, -0.25) is 4.79 Å². The van der Waals surface area contributed by atoms with Gasteiger partial charge in [0.25, 0.3) is 0 Å². The minimum atomic E-state index is -0.979. The molecule has 0 radical (unpaired) electrons. The van der Waals surface area contributed by atoms with Crippen LogP contribution in [0.5, 0.6) is 5.75 Å². The van der Waals surface area contributed by atoms with Crippen LogP contribution in [0.4, 0.5) is 0 Å². The van der Waals surface area contributed by atoms with E-state index in [2.05, 4.69) is 11.4 Å². The van der Waals surface area contributed by atoms with Gasteiger partial charge < -0.3 is 20.3 Å². The van der Waals surface area contributed by atoms with Gasteiger partial charge in [-0.15, -0.1) is 0 Å². The summed E-state index contributed by atoms with van der Waals surface area (Å²) >= 11 is 0. The third kappa shape index (κ3) is 4.22. The first-order valence-corrected chi connectivity index (χ1v) is 6.50. The van der Waals surface area contributed by atoms with E-state index < -0.39 is 12.1 Å². The highest BCUT2D eigenvalue weighted by Gasteiger charge is 2.12. The van der Waals surface area contributed by atoms with Crippen LogP contribution in [0.15, 0.2) is 18.2 Å². The summed E-state index contributed by atoms with van der Waals surface area (Å²) in [6.45, 7) is 1.79. The lowest BCUT2D eigenvalue weighted by Crippen LogP contribution is -2.30. The predicted octanol–water partition coefficient (Wildman–Crippen LogP) is 0.589. The van der Waals surface area contributed by atoms with Crippen molar-refractivity contribution >= 4 is 5.97 Å². The van der Waals surface area contributed by atoms with Gasteiger partial charge in [0.1, 0.15) is 5.75 Å². The zero-order valence-corrected chi connectivity index (χ0v) is 10.8. The maximum atomic E-state index is 10.4. The van der Waals surface area contributed by atoms with Crippen molar-refractivity contribution in [3.8, 4) is 5.75 Å². The number of ether oxygens (including phenoxy) is 1. The second-order valence-corrected chi connectivity index (χ2v) is 4.75. The van der Waals surface area contributed by atoms with Crippen LogP contribution in [0.2, 0.25) is 0 Å². The fraction of sp³-hybridized carbons (Fsp3) is 0.500. The van der Waals surface area contributed by atoms with Gasteiger partial charge in [-0.1, -0.05) is 12.1 Å². The number of hydrogen-bond donors (Lipinski definition) is 3. The molecule has 2 rings (SSSR count). The fourth-order valence-electron chi connectivity index (χ4n) is 2.17. The van der Waals surface area contributed by atoms with Gasteiger partial charge in [0.2, 0.25) is 0 Å². The average Bonchev–Trinajstić information content (AvgIpc) is 2.81. The van der Waals surface area contributed by atoms with Crippen molar-refractivity contribution in [3.63, 3.8) is 0 Å². The fourth-order valence-corrected chi connectivity index (χ4v) is 2.17. The largest absolute Gasteiger partial charge is 0.493 e. The molecule has 0 bridgehead atoms. The number of aliphatic carboxylic acids is 1. The van der Waals surface area contributed by atoms with Crippen molar-refractivity contribution in [2.24, 2.45) is 0 Å². The van der Waals surface area contributed by atoms with Gasteiger partial charge in [-0.25, -0.2) is 0 Å². The van der Waals surface area contributed by atoms with Crippen LogP contribution < -0.4 is 10.1 Å². The highest BCUT2D eigenvalue weighted by molar-refractivity contribution is 5.67. The zero-order valence-electron chi connectivity index (χ0n) is 10.8. The van der Waals surface area contributed by atoms with Crippen molar-refractivity contribution in [1.29, 1.82) is 0 Å². The Kier molecular flexibility index (Phi) is 4.76. The van der Waals surface area contributed by atoms with Crippen LogP contribution in [0.1, 0.15) is 17.5 Å². The molecule has 0 saturated heterocycles. The summed E-state index contributed by atoms with van der Waals surface area (Å²) in [5.74, 6) is 0.00140. The maximum absolute atomic E-state index is 10.4. The zero-order chi connectivity index (χ0) is 13.7. The first-order chi connectivity index (χ1) is 9.15. The van der Waals surface area contributed by atoms with Crippen LogP contribution >= 0.6 is 0 Å². The Morgan fingerprint density at radius 2 is 2.32 bits per heavy atom. The Balaban J connectivity index is 1.70. The van der Waals surface area contributed by atoms with E-state index in [9.17, 15) is 9.90 Å². The predicted molar refractivity (Wildman–Crippen MR) is 70.5 cm³/mol. The number of nitrogens with one attached hydrogen (secondary N) is 1. The molecule has 5 heteroatoms. The van der Waals surface area contributed by atoms with E-state index in [0.717, 1.165) is 31.7 Å². The summed E-state index contributed by atoms with van der Waals surface area (Å²) < 4.78 is 5.44. The second-order valence-electron chi connectivity index (χ2n) is 4.75. The van der Waals surface area contributed by atoms with Gasteiger partial charge in [0.15, 0.2) is 0 Å². The van der Waals surface area contributed by atoms with E-state index >= 15 is 0 Å². The number of fused-ring (bicyclic) bond motifs is 1. The molecule has 0 spiro atoms. The molecular weight excluding hydrogens is 246 g/mol. The van der Waals surface area contributed by atoms with Crippen LogP contribution in [-0.2, 0) is 17.6 Å². The molecule has 1 heterocycles. The summed E-state index contributed by atoms with van der Waals surface area (Å²) in [7, 11) is 0. The Labute approximate surface area is 112 Å². The molecule has 3 N–H and O–H groups in total. The van der Waals surface area contributed by atoms with Crippen molar-refractivity contribution in [2.45, 2.75) is 25.4 Å². The van der Waals surface area contributed by atoms with E-state index in [1.807, 2.05) is 12.1 Å². The van der Waals surface area contributed by atoms with Crippen LogP contribution in [-0.4, -0.2) is 42.0 Å². The molecule has 0 saturated carbocycles. The average molecular weight is 265 g/mol. The number of carbonyl (C=O) groups is 1. The van der Waals surface area contributed by atoms with E-state index in [1.54, 1.807) is 0 Å². The SMILES string of the molecule is O=C(O)CC(O)CNCCc1ccc2c(c1)CCO2. The number of hydrogen-bond acceptors (Lipinski definition) is 4. The minimum absolute atomic E-state index is 0.219. The lowest BCUT2D eigenvalue weighted by molar-refractivity contribution is -0.139. The van der Waals surface area contributed by atoms with Gasteiger partial charge in [0, 0.05) is 13.0 Å². The summed E-state index contributed by atoms with van der Waals surface area (Å²) in [6, 6.07) is 6.19. The molecule has 1 unspecified atom stereocenters. The van der Waals surface area contributed by atoms with Crippen LogP contribution in [0.25, 0.3) is 0 Å². The molecule has 5 nitrogen and oxygen atoms in total. The van der Waals surface area contributed by atoms with Gasteiger partial charge >= 0.3 is 5.97 Å². The van der Waals surface area contributed by atoms with Crippen molar-refractivity contribution < 1.29 is 19.7 Å². The lowest BCUT2D eigenvalue weighted by atomic mass is 10.1. The molecule has 19 heavy (non-hydrogen) atoms. The quantitative estimate of drug-likeness (QED) is 0.629. The number of benzene rings is 1. The highest BCUT2D eigenvalue weighted by atomic mass is 16.5. The molecule has 0 aromatic heterocycles. The standard InChI is InChI=1S/C14H19NO4/c16-12(8-14(17)18)9-15-5-3-10-1-2-13-11(7-10)4-6-19-13/h1-2,7,12,15-16H,3-6,8-9H2,(H,17,18). The Bertz CT molecular complexity index is 447. The number of carboxylic acids is 1. The van der Waals surface area contributed by atoms with E-state index in [1.165, 1.54) is 11.1 Å². The van der Waals surface area contributed by atoms with Crippen LogP contribution in [0.3, 0.4) is 0 Å². The molecule has 1 aliphatic heterocycles. The molecule has 104 valence electrons. The lowest BCUT2D eigenvalue weighted by Gasteiger charge is -2.10. The number of rotatable bonds is 7. The second kappa shape index (κ2) is 6.54. The molecule has 1 aliphatic rings. The smallest absolute Gasteiger partial charge is 0.306 e. The normalized spacial score (nSPS) is 14.8. The Morgan fingerprint density at radius 3 is 3.11 bits per heavy atom. The van der Waals surface area contributed by atoms with E-state index in [-0.39, 0.29) is 6.42 Å². The third-order valence-corrected chi connectivity index (χ3v) is 3.13. The maximum Gasteiger partial charge on any atom is 0.306 e. The monoisotopic (exact) mass is 265 g/mol. The van der Waals surface area contributed by atoms with Crippen molar-refractivity contribution in [1.82, 2.24) is 5.32 Å². The van der Waals surface area contributed by atoms with Crippen molar-refractivity contribution in [2.75, 3.05) is 19.7 Å². The first kappa shape index (κ1) is 13.8. The van der Waals surface area contributed by atoms with Gasteiger partial charge in [-0.05, 0) is 30.2 Å². The Hall–Kier alpha value is -1.59. The van der Waals surface area contributed by atoms with E-state index in [4.69, 9.17) is 9.84 Å². The molecule has 0 fully saturated rings. The molecule has 1 aromatic carbocycles. The Morgan fingerprint density at radius 1 is 1.47 bits per heavy atom. The minimum Gasteiger partial charge on any atom is -0.493 e. The summed E-state index contributed by atoms with van der Waals surface area (Å²) in [5.41, 5.74) is 2.48. The molecule has 0 amide bonds. The summed E-state index contributed by atoms with van der Waals surface area (Å²) in [5, 5.41) is 21.0. The summed E-state index contributed by atoms with van der Waals surface area (Å²) in [4.78, 5) is 10.4. The van der Waals surface area contributed by atoms with E-state index in [0.29, 0.717) is 6.54 Å². The number of aliphatic hydroxyl groups is 1. The molecule has 1 aromatic rings. The third-order valence-electron chi connectivity index (χ3n) is 3.13. The van der Waals surface area contributed by atoms with Gasteiger partial charge in [0.05, 0.1) is 19.1 Å². The molecule has 1 atom stereocenters.